The maximum atomic E-state index is 10.8. The zero-order valence-corrected chi connectivity index (χ0v) is 10.3. The minimum atomic E-state index is -1.04. The Hall–Kier alpha value is -1.62. The van der Waals surface area contributed by atoms with Crippen molar-refractivity contribution in [2.24, 2.45) is 0 Å². The summed E-state index contributed by atoms with van der Waals surface area (Å²) in [6.45, 7) is 0. The highest BCUT2D eigenvalue weighted by atomic mass is 16.5. The summed E-state index contributed by atoms with van der Waals surface area (Å²) in [4.78, 5) is 14.6. The third-order valence-corrected chi connectivity index (χ3v) is 3.16. The molecule has 0 aromatic carbocycles. The fraction of sp³-hybridized carbons (Fsp3) is 0.538. The van der Waals surface area contributed by atoms with E-state index in [9.17, 15) is 4.79 Å². The first-order valence-electron chi connectivity index (χ1n) is 6.08. The highest BCUT2D eigenvalue weighted by Gasteiger charge is 2.23. The van der Waals surface area contributed by atoms with Gasteiger partial charge in [-0.05, 0) is 25.3 Å². The van der Waals surface area contributed by atoms with E-state index in [0.717, 1.165) is 25.7 Å². The molecule has 2 atom stereocenters. The Kier molecular flexibility index (Phi) is 4.15. The Morgan fingerprint density at radius 3 is 2.94 bits per heavy atom. The molecule has 2 unspecified atom stereocenters. The highest BCUT2D eigenvalue weighted by molar-refractivity contribution is 5.85. The number of carboxylic acid groups (broad SMARTS) is 1. The van der Waals surface area contributed by atoms with Crippen LogP contribution < -0.4 is 4.74 Å². The molecular formula is C13H17NO4. The molecule has 1 aliphatic rings. The molecule has 0 aliphatic heterocycles. The smallest absolute Gasteiger partial charge is 0.354 e. The summed E-state index contributed by atoms with van der Waals surface area (Å²) in [5.74, 6) is -0.483. The number of carboxylic acids is 1. The van der Waals surface area contributed by atoms with Crippen molar-refractivity contribution in [3.8, 4) is 5.75 Å². The second kappa shape index (κ2) is 5.82. The topological polar surface area (TPSA) is 68.7 Å². The molecule has 1 saturated carbocycles. The van der Waals surface area contributed by atoms with Crippen molar-refractivity contribution in [1.29, 1.82) is 0 Å². The van der Waals surface area contributed by atoms with Crippen LogP contribution in [-0.4, -0.2) is 35.4 Å². The Morgan fingerprint density at radius 1 is 1.44 bits per heavy atom. The zero-order chi connectivity index (χ0) is 13.0. The van der Waals surface area contributed by atoms with E-state index >= 15 is 0 Å². The third-order valence-electron chi connectivity index (χ3n) is 3.16. The summed E-state index contributed by atoms with van der Waals surface area (Å²) in [5, 5.41) is 8.86. The van der Waals surface area contributed by atoms with E-state index in [0.29, 0.717) is 5.75 Å². The Labute approximate surface area is 106 Å². The van der Waals surface area contributed by atoms with Crippen LogP contribution in [0.4, 0.5) is 0 Å². The molecule has 2 rings (SSSR count). The predicted molar refractivity (Wildman–Crippen MR) is 64.9 cm³/mol. The molecule has 0 spiro atoms. The molecule has 1 aliphatic carbocycles. The number of aromatic nitrogens is 1. The van der Waals surface area contributed by atoms with Crippen molar-refractivity contribution in [1.82, 2.24) is 4.98 Å². The largest absolute Gasteiger partial charge is 0.490 e. The molecule has 98 valence electrons. The van der Waals surface area contributed by atoms with Gasteiger partial charge in [0.2, 0.25) is 0 Å². The van der Waals surface area contributed by atoms with Gasteiger partial charge < -0.3 is 14.6 Å². The van der Waals surface area contributed by atoms with Gasteiger partial charge in [-0.25, -0.2) is 9.78 Å². The number of carbonyl (C=O) groups is 1. The van der Waals surface area contributed by atoms with Crippen molar-refractivity contribution in [2.45, 2.75) is 37.9 Å². The molecule has 1 N–H and O–H groups in total. The second-order valence-electron chi connectivity index (χ2n) is 4.45. The fourth-order valence-electron chi connectivity index (χ4n) is 2.22. The van der Waals surface area contributed by atoms with Crippen molar-refractivity contribution in [3.63, 3.8) is 0 Å². The first-order chi connectivity index (χ1) is 8.69. The monoisotopic (exact) mass is 251 g/mol. The first-order valence-corrected chi connectivity index (χ1v) is 6.08. The highest BCUT2D eigenvalue weighted by Crippen LogP contribution is 2.25. The van der Waals surface area contributed by atoms with Crippen molar-refractivity contribution >= 4 is 5.97 Å². The van der Waals surface area contributed by atoms with Gasteiger partial charge in [0, 0.05) is 25.8 Å². The molecule has 18 heavy (non-hydrogen) atoms. The Bertz CT molecular complexity index is 421. The summed E-state index contributed by atoms with van der Waals surface area (Å²) in [7, 11) is 1.71. The van der Waals surface area contributed by atoms with Gasteiger partial charge in [-0.3, -0.25) is 0 Å². The fourth-order valence-corrected chi connectivity index (χ4v) is 2.22. The van der Waals surface area contributed by atoms with Crippen LogP contribution >= 0.6 is 0 Å². The Morgan fingerprint density at radius 2 is 2.22 bits per heavy atom. The van der Waals surface area contributed by atoms with Crippen LogP contribution in [0.3, 0.4) is 0 Å². The van der Waals surface area contributed by atoms with E-state index in [1.54, 1.807) is 13.2 Å². The summed E-state index contributed by atoms with van der Waals surface area (Å²) in [6.07, 6.45) is 5.74. The molecule has 1 fully saturated rings. The van der Waals surface area contributed by atoms with Crippen LogP contribution in [-0.2, 0) is 4.74 Å². The van der Waals surface area contributed by atoms with E-state index in [1.165, 1.54) is 12.3 Å². The lowest BCUT2D eigenvalue weighted by Crippen LogP contribution is -2.29. The van der Waals surface area contributed by atoms with E-state index in [-0.39, 0.29) is 17.9 Å². The van der Waals surface area contributed by atoms with Gasteiger partial charge in [-0.2, -0.15) is 0 Å². The maximum Gasteiger partial charge on any atom is 0.354 e. The number of ether oxygens (including phenoxy) is 2. The van der Waals surface area contributed by atoms with Gasteiger partial charge in [0.1, 0.15) is 11.9 Å². The van der Waals surface area contributed by atoms with Gasteiger partial charge in [-0.1, -0.05) is 0 Å². The minimum absolute atomic E-state index is 0.00611. The lowest BCUT2D eigenvalue weighted by Gasteiger charge is -2.28. The average Bonchev–Trinajstić information content (AvgIpc) is 2.39. The quantitative estimate of drug-likeness (QED) is 0.887. The molecule has 1 heterocycles. The van der Waals surface area contributed by atoms with Crippen molar-refractivity contribution in [2.75, 3.05) is 7.11 Å². The molecule has 1 aromatic rings. The number of aromatic carboxylic acids is 1. The molecule has 0 radical (unpaired) electrons. The summed E-state index contributed by atoms with van der Waals surface area (Å²) in [5.41, 5.74) is 0.00611. The molecule has 0 amide bonds. The zero-order valence-electron chi connectivity index (χ0n) is 10.3. The van der Waals surface area contributed by atoms with Crippen LogP contribution in [0.25, 0.3) is 0 Å². The summed E-state index contributed by atoms with van der Waals surface area (Å²) >= 11 is 0. The SMILES string of the molecule is COC1CCCC(Oc2ccnc(C(=O)O)c2)C1. The molecule has 1 aromatic heterocycles. The standard InChI is InChI=1S/C13H17NO4/c1-17-9-3-2-4-10(7-9)18-11-5-6-14-12(8-11)13(15)16/h5-6,8-10H,2-4,7H2,1H3,(H,15,16). The predicted octanol–water partition coefficient (Wildman–Crippen LogP) is 2.12. The second-order valence-corrected chi connectivity index (χ2v) is 4.45. The Balaban J connectivity index is 2.00. The first kappa shape index (κ1) is 12.8. The van der Waals surface area contributed by atoms with E-state index in [2.05, 4.69) is 4.98 Å². The van der Waals surface area contributed by atoms with Crippen LogP contribution in [0.15, 0.2) is 18.3 Å². The number of pyridine rings is 1. The summed E-state index contributed by atoms with van der Waals surface area (Å²) in [6, 6.07) is 3.14. The number of hydrogen-bond acceptors (Lipinski definition) is 4. The van der Waals surface area contributed by atoms with Crippen LogP contribution in [0, 0.1) is 0 Å². The number of methoxy groups -OCH3 is 1. The third kappa shape index (κ3) is 3.20. The van der Waals surface area contributed by atoms with Crippen LogP contribution in [0.1, 0.15) is 36.2 Å². The van der Waals surface area contributed by atoms with Gasteiger partial charge in [0.05, 0.1) is 6.10 Å². The maximum absolute atomic E-state index is 10.8. The average molecular weight is 251 g/mol. The van der Waals surface area contributed by atoms with E-state index in [1.807, 2.05) is 0 Å². The van der Waals surface area contributed by atoms with Gasteiger partial charge in [0.25, 0.3) is 0 Å². The van der Waals surface area contributed by atoms with Gasteiger partial charge in [-0.15, -0.1) is 0 Å². The number of nitrogens with zero attached hydrogens (tertiary/aromatic N) is 1. The van der Waals surface area contributed by atoms with Crippen molar-refractivity contribution in [3.05, 3.63) is 24.0 Å². The molecule has 0 bridgehead atoms. The molecule has 5 heteroatoms. The molecular weight excluding hydrogens is 234 g/mol. The van der Waals surface area contributed by atoms with Gasteiger partial charge in [0.15, 0.2) is 5.69 Å². The lowest BCUT2D eigenvalue weighted by molar-refractivity contribution is 0.0208. The normalized spacial score (nSPS) is 23.6. The van der Waals surface area contributed by atoms with Crippen LogP contribution in [0.5, 0.6) is 5.75 Å². The van der Waals surface area contributed by atoms with Gasteiger partial charge >= 0.3 is 5.97 Å². The van der Waals surface area contributed by atoms with Crippen LogP contribution in [0.2, 0.25) is 0 Å². The minimum Gasteiger partial charge on any atom is -0.490 e. The summed E-state index contributed by atoms with van der Waals surface area (Å²) < 4.78 is 11.1. The molecule has 0 saturated heterocycles. The van der Waals surface area contributed by atoms with Crippen molar-refractivity contribution < 1.29 is 19.4 Å². The number of hydrogen-bond donors (Lipinski definition) is 1. The molecule has 5 nitrogen and oxygen atoms in total. The van der Waals surface area contributed by atoms with E-state index in [4.69, 9.17) is 14.6 Å². The number of rotatable bonds is 4. The van der Waals surface area contributed by atoms with E-state index < -0.39 is 5.97 Å². The lowest BCUT2D eigenvalue weighted by atomic mass is 9.95.